The Kier molecular flexibility index (Phi) is 7.68. The van der Waals surface area contributed by atoms with E-state index in [1.807, 2.05) is 6.07 Å². The summed E-state index contributed by atoms with van der Waals surface area (Å²) >= 11 is 6.02. The maximum Gasteiger partial charge on any atom is 0.124 e. The van der Waals surface area contributed by atoms with Gasteiger partial charge in [0.05, 0.1) is 0 Å². The molecule has 0 saturated heterocycles. The van der Waals surface area contributed by atoms with Crippen molar-refractivity contribution in [3.05, 3.63) is 34.6 Å². The van der Waals surface area contributed by atoms with Gasteiger partial charge in [-0.1, -0.05) is 56.7 Å². The van der Waals surface area contributed by atoms with Gasteiger partial charge < -0.3 is 5.32 Å². The third-order valence-corrected chi connectivity index (χ3v) is 5.18. The first-order chi connectivity index (χ1) is 10.7. The minimum atomic E-state index is -0.241. The van der Waals surface area contributed by atoms with Crippen LogP contribution in [0.1, 0.15) is 76.2 Å². The van der Waals surface area contributed by atoms with Gasteiger partial charge in [0.1, 0.15) is 5.82 Å². The van der Waals surface area contributed by atoms with Gasteiger partial charge in [0, 0.05) is 11.1 Å². The molecule has 2 fully saturated rings. The first-order valence-electron chi connectivity index (χ1n) is 8.89. The van der Waals surface area contributed by atoms with E-state index in [2.05, 4.69) is 12.2 Å². The molecule has 1 N–H and O–H groups in total. The predicted octanol–water partition coefficient (Wildman–Crippen LogP) is 6.07. The second-order valence-corrected chi connectivity index (χ2v) is 6.95. The van der Waals surface area contributed by atoms with Crippen molar-refractivity contribution >= 4 is 11.6 Å². The number of hydrogen-bond donors (Lipinski definition) is 1. The van der Waals surface area contributed by atoms with Crippen LogP contribution in [0.5, 0.6) is 0 Å². The summed E-state index contributed by atoms with van der Waals surface area (Å²) in [7, 11) is 0. The van der Waals surface area contributed by atoms with Crippen LogP contribution in [-0.4, -0.2) is 12.6 Å². The lowest BCUT2D eigenvalue weighted by Gasteiger charge is -2.22. The van der Waals surface area contributed by atoms with E-state index in [0.717, 1.165) is 18.2 Å². The number of rotatable bonds is 3. The normalized spacial score (nSPS) is 19.8. The molecule has 2 saturated carbocycles. The minimum Gasteiger partial charge on any atom is -0.314 e. The SMILES string of the molecule is CCNC1CCCC1.Fc1ccc(C2CCCCC2)c(Cl)c1. The fourth-order valence-corrected chi connectivity index (χ4v) is 3.99. The van der Waals surface area contributed by atoms with Crippen molar-refractivity contribution in [2.24, 2.45) is 0 Å². The van der Waals surface area contributed by atoms with Crippen molar-refractivity contribution in [3.8, 4) is 0 Å². The molecule has 0 radical (unpaired) electrons. The second-order valence-electron chi connectivity index (χ2n) is 6.54. The molecule has 22 heavy (non-hydrogen) atoms. The van der Waals surface area contributed by atoms with Gasteiger partial charge in [-0.3, -0.25) is 0 Å². The van der Waals surface area contributed by atoms with Gasteiger partial charge >= 0.3 is 0 Å². The van der Waals surface area contributed by atoms with Crippen molar-refractivity contribution < 1.29 is 4.39 Å². The molecule has 2 aliphatic rings. The maximum absolute atomic E-state index is 12.8. The summed E-state index contributed by atoms with van der Waals surface area (Å²) in [6.07, 6.45) is 12.0. The zero-order valence-electron chi connectivity index (χ0n) is 13.7. The largest absolute Gasteiger partial charge is 0.314 e. The maximum atomic E-state index is 12.8. The first-order valence-corrected chi connectivity index (χ1v) is 9.26. The van der Waals surface area contributed by atoms with Crippen LogP contribution < -0.4 is 5.32 Å². The summed E-state index contributed by atoms with van der Waals surface area (Å²) in [5, 5.41) is 4.04. The molecule has 0 aliphatic heterocycles. The summed E-state index contributed by atoms with van der Waals surface area (Å²) in [5.74, 6) is 0.311. The monoisotopic (exact) mass is 325 g/mol. The van der Waals surface area contributed by atoms with Crippen LogP contribution >= 0.6 is 11.6 Å². The molecule has 1 aromatic rings. The van der Waals surface area contributed by atoms with Gasteiger partial charge in [-0.05, 0) is 55.8 Å². The third kappa shape index (κ3) is 5.55. The molecule has 0 heterocycles. The fraction of sp³-hybridized carbons (Fsp3) is 0.684. The highest BCUT2D eigenvalue weighted by Crippen LogP contribution is 2.36. The van der Waals surface area contributed by atoms with E-state index >= 15 is 0 Å². The van der Waals surface area contributed by atoms with Crippen molar-refractivity contribution in [1.29, 1.82) is 0 Å². The predicted molar refractivity (Wildman–Crippen MR) is 93.2 cm³/mol. The molecule has 2 aliphatic carbocycles. The molecule has 0 bridgehead atoms. The molecular formula is C19H29ClFN. The van der Waals surface area contributed by atoms with Crippen LogP contribution in [0.15, 0.2) is 18.2 Å². The standard InChI is InChI=1S/C12H14ClF.C7H15N/c13-12-8-10(14)6-7-11(12)9-4-2-1-3-5-9;1-2-8-7-5-3-4-6-7/h6-9H,1-5H2;7-8H,2-6H2,1H3. The van der Waals surface area contributed by atoms with E-state index in [-0.39, 0.29) is 5.82 Å². The first kappa shape index (κ1) is 17.7. The van der Waals surface area contributed by atoms with Crippen LogP contribution in [0.25, 0.3) is 0 Å². The molecule has 3 heteroatoms. The summed E-state index contributed by atoms with van der Waals surface area (Å²) in [5.41, 5.74) is 1.13. The summed E-state index contributed by atoms with van der Waals surface area (Å²) in [4.78, 5) is 0. The van der Waals surface area contributed by atoms with Crippen LogP contribution in [-0.2, 0) is 0 Å². The van der Waals surface area contributed by atoms with Crippen LogP contribution in [0.4, 0.5) is 4.39 Å². The Morgan fingerprint density at radius 2 is 1.68 bits per heavy atom. The Morgan fingerprint density at radius 3 is 2.27 bits per heavy atom. The molecule has 0 unspecified atom stereocenters. The number of benzene rings is 1. The van der Waals surface area contributed by atoms with E-state index in [0.29, 0.717) is 10.9 Å². The lowest BCUT2D eigenvalue weighted by molar-refractivity contribution is 0.443. The highest BCUT2D eigenvalue weighted by Gasteiger charge is 2.17. The minimum absolute atomic E-state index is 0.241. The number of hydrogen-bond acceptors (Lipinski definition) is 1. The van der Waals surface area contributed by atoms with E-state index in [1.165, 1.54) is 69.9 Å². The number of nitrogens with one attached hydrogen (secondary N) is 1. The Labute approximate surface area is 139 Å². The fourth-order valence-electron chi connectivity index (χ4n) is 3.66. The molecule has 1 aromatic carbocycles. The van der Waals surface area contributed by atoms with Gasteiger partial charge in [0.25, 0.3) is 0 Å². The van der Waals surface area contributed by atoms with Gasteiger partial charge in [0.15, 0.2) is 0 Å². The smallest absolute Gasteiger partial charge is 0.124 e. The zero-order chi connectivity index (χ0) is 15.8. The second kappa shape index (κ2) is 9.52. The van der Waals surface area contributed by atoms with Crippen LogP contribution in [0, 0.1) is 5.82 Å². The summed E-state index contributed by atoms with van der Waals surface area (Å²) < 4.78 is 12.8. The zero-order valence-corrected chi connectivity index (χ0v) is 14.5. The molecule has 3 rings (SSSR count). The third-order valence-electron chi connectivity index (χ3n) is 4.86. The molecule has 0 amide bonds. The van der Waals surface area contributed by atoms with Crippen LogP contribution in [0.3, 0.4) is 0 Å². The molecule has 0 atom stereocenters. The van der Waals surface area contributed by atoms with E-state index < -0.39 is 0 Å². The van der Waals surface area contributed by atoms with Gasteiger partial charge in [-0.15, -0.1) is 0 Å². The van der Waals surface area contributed by atoms with Gasteiger partial charge in [-0.25, -0.2) is 4.39 Å². The Bertz CT molecular complexity index is 437. The molecular weight excluding hydrogens is 297 g/mol. The molecule has 124 valence electrons. The van der Waals surface area contributed by atoms with Gasteiger partial charge in [0.2, 0.25) is 0 Å². The quantitative estimate of drug-likeness (QED) is 0.711. The Morgan fingerprint density at radius 1 is 1.05 bits per heavy atom. The van der Waals surface area contributed by atoms with E-state index in [1.54, 1.807) is 0 Å². The lowest BCUT2D eigenvalue weighted by atomic mass is 9.84. The molecule has 0 aromatic heterocycles. The van der Waals surface area contributed by atoms with Crippen molar-refractivity contribution in [2.75, 3.05) is 6.54 Å². The molecule has 1 nitrogen and oxygen atoms in total. The Hall–Kier alpha value is -0.600. The summed E-state index contributed by atoms with van der Waals surface area (Å²) in [6.45, 7) is 3.32. The van der Waals surface area contributed by atoms with Crippen molar-refractivity contribution in [2.45, 2.75) is 76.7 Å². The topological polar surface area (TPSA) is 12.0 Å². The van der Waals surface area contributed by atoms with Gasteiger partial charge in [-0.2, -0.15) is 0 Å². The molecule has 0 spiro atoms. The lowest BCUT2D eigenvalue weighted by Crippen LogP contribution is -2.24. The van der Waals surface area contributed by atoms with E-state index in [4.69, 9.17) is 11.6 Å². The van der Waals surface area contributed by atoms with E-state index in [9.17, 15) is 4.39 Å². The van der Waals surface area contributed by atoms with Crippen LogP contribution in [0.2, 0.25) is 5.02 Å². The Balaban J connectivity index is 0.000000188. The number of halogens is 2. The summed E-state index contributed by atoms with van der Waals surface area (Å²) in [6, 6.07) is 5.63. The highest BCUT2D eigenvalue weighted by atomic mass is 35.5. The average Bonchev–Trinajstić information content (AvgIpc) is 3.02. The average molecular weight is 326 g/mol. The van der Waals surface area contributed by atoms with Crippen molar-refractivity contribution in [1.82, 2.24) is 5.32 Å². The van der Waals surface area contributed by atoms with Crippen molar-refractivity contribution in [3.63, 3.8) is 0 Å². The highest BCUT2D eigenvalue weighted by molar-refractivity contribution is 6.31.